The number of amides is 1. The summed E-state index contributed by atoms with van der Waals surface area (Å²) in [7, 11) is 0. The Morgan fingerprint density at radius 2 is 1.81 bits per heavy atom. The number of benzene rings is 2. The normalized spacial score (nSPS) is 13.3. The van der Waals surface area contributed by atoms with Gasteiger partial charge < -0.3 is 5.32 Å². The van der Waals surface area contributed by atoms with Gasteiger partial charge in [0.2, 0.25) is 0 Å². The van der Waals surface area contributed by atoms with E-state index in [4.69, 9.17) is 0 Å². The number of anilines is 1. The van der Waals surface area contributed by atoms with Crippen LogP contribution in [-0.2, 0) is 4.79 Å². The van der Waals surface area contributed by atoms with Gasteiger partial charge in [-0.1, -0.05) is 29.5 Å². The Morgan fingerprint density at radius 1 is 1.05 bits per heavy atom. The summed E-state index contributed by atoms with van der Waals surface area (Å²) in [5.41, 5.74) is 3.44. The average molecular weight is 362 g/mol. The number of nitrogens with one attached hydrogen (secondary N) is 1. The predicted molar refractivity (Wildman–Crippen MR) is 87.1 cm³/mol. The number of rotatable bonds is 2. The quantitative estimate of drug-likeness (QED) is 0.808. The molecule has 1 aliphatic heterocycles. The lowest BCUT2D eigenvalue weighted by Gasteiger charge is -2.09. The minimum absolute atomic E-state index is 0.428. The first-order chi connectivity index (χ1) is 9.95. The number of aryl methyl sites for hydroxylation is 2. The minimum atomic E-state index is -0.564. The third-order valence-electron chi connectivity index (χ3n) is 3.32. The Kier molecular flexibility index (Phi) is 3.63. The number of fused-ring (bicyclic) bond motifs is 1. The lowest BCUT2D eigenvalue weighted by Crippen LogP contribution is -2.12. The van der Waals surface area contributed by atoms with Gasteiger partial charge in [0, 0.05) is 14.3 Å². The lowest BCUT2D eigenvalue weighted by atomic mass is 10.1. The fraction of sp³-hybridized carbons (Fsp3) is 0.125. The summed E-state index contributed by atoms with van der Waals surface area (Å²) in [6.45, 7) is 4.13. The topological polar surface area (TPSA) is 46.2 Å². The fourth-order valence-electron chi connectivity index (χ4n) is 2.26. The number of halogens is 1. The molecule has 3 nitrogen and oxygen atoms in total. The molecule has 2 aromatic rings. The van der Waals surface area contributed by atoms with Gasteiger partial charge in [-0.05, 0) is 53.5 Å². The van der Waals surface area contributed by atoms with Crippen LogP contribution in [0.2, 0.25) is 0 Å². The number of carbonyl (C=O) groups excluding carboxylic acids is 2. The van der Waals surface area contributed by atoms with Crippen molar-refractivity contribution in [3.63, 3.8) is 0 Å². The monoisotopic (exact) mass is 361 g/mol. The van der Waals surface area contributed by atoms with Crippen molar-refractivity contribution in [1.29, 1.82) is 0 Å². The molecule has 0 saturated heterocycles. The van der Waals surface area contributed by atoms with Gasteiger partial charge in [-0.2, -0.15) is 0 Å². The van der Waals surface area contributed by atoms with Crippen LogP contribution in [0.1, 0.15) is 21.5 Å². The second kappa shape index (κ2) is 5.31. The van der Waals surface area contributed by atoms with Crippen molar-refractivity contribution in [2.24, 2.45) is 0 Å². The number of hydrogen-bond donors (Lipinski definition) is 1. The van der Waals surface area contributed by atoms with Crippen LogP contribution in [0.5, 0.6) is 0 Å². The Hall–Kier alpha value is -1.59. The van der Waals surface area contributed by atoms with E-state index in [1.54, 1.807) is 17.8 Å². The third-order valence-corrected chi connectivity index (χ3v) is 5.48. The van der Waals surface area contributed by atoms with E-state index in [0.717, 1.165) is 14.3 Å². The van der Waals surface area contributed by atoms with Crippen molar-refractivity contribution >= 4 is 45.1 Å². The molecule has 106 valence electrons. The van der Waals surface area contributed by atoms with E-state index >= 15 is 0 Å². The summed E-state index contributed by atoms with van der Waals surface area (Å²) >= 11 is 5.09. The summed E-state index contributed by atoms with van der Waals surface area (Å²) in [5, 5.41) is 2.60. The van der Waals surface area contributed by atoms with Crippen LogP contribution in [0.4, 0.5) is 5.69 Å². The van der Waals surface area contributed by atoms with Gasteiger partial charge in [0.15, 0.2) is 0 Å². The van der Waals surface area contributed by atoms with Gasteiger partial charge in [0.05, 0.1) is 11.3 Å². The zero-order valence-corrected chi connectivity index (χ0v) is 13.9. The van der Waals surface area contributed by atoms with E-state index < -0.39 is 11.7 Å². The van der Waals surface area contributed by atoms with Gasteiger partial charge in [-0.25, -0.2) is 0 Å². The highest BCUT2D eigenvalue weighted by Gasteiger charge is 2.29. The molecule has 0 saturated carbocycles. The van der Waals surface area contributed by atoms with Crippen LogP contribution >= 0.6 is 27.7 Å². The van der Waals surface area contributed by atoms with Gasteiger partial charge in [-0.3, -0.25) is 9.59 Å². The molecule has 0 aromatic heterocycles. The molecule has 21 heavy (non-hydrogen) atoms. The lowest BCUT2D eigenvalue weighted by molar-refractivity contribution is -0.112. The van der Waals surface area contributed by atoms with E-state index in [-0.39, 0.29) is 0 Å². The average Bonchev–Trinajstić information content (AvgIpc) is 2.69. The summed E-state index contributed by atoms with van der Waals surface area (Å²) in [4.78, 5) is 25.2. The Balaban J connectivity index is 1.99. The fourth-order valence-corrected chi connectivity index (χ4v) is 3.77. The van der Waals surface area contributed by atoms with Crippen LogP contribution < -0.4 is 5.32 Å². The van der Waals surface area contributed by atoms with Gasteiger partial charge >= 0.3 is 0 Å². The molecule has 0 unspecified atom stereocenters. The van der Waals surface area contributed by atoms with E-state index in [1.165, 1.54) is 11.1 Å². The third kappa shape index (κ3) is 2.63. The van der Waals surface area contributed by atoms with Crippen LogP contribution in [0, 0.1) is 13.8 Å². The molecule has 1 amide bonds. The molecular formula is C16H12BrNO2S. The molecule has 0 atom stereocenters. The highest BCUT2D eigenvalue weighted by Crippen LogP contribution is 2.39. The molecule has 0 spiro atoms. The van der Waals surface area contributed by atoms with Gasteiger partial charge in [-0.15, -0.1) is 0 Å². The molecule has 0 radical (unpaired) electrons. The molecule has 0 bridgehead atoms. The van der Waals surface area contributed by atoms with E-state index in [0.29, 0.717) is 11.3 Å². The number of hydrogen-bond acceptors (Lipinski definition) is 3. The first-order valence-electron chi connectivity index (χ1n) is 6.40. The zero-order chi connectivity index (χ0) is 15.1. The van der Waals surface area contributed by atoms with Crippen molar-refractivity contribution in [2.75, 3.05) is 5.32 Å². The van der Waals surface area contributed by atoms with Crippen LogP contribution in [0.25, 0.3) is 0 Å². The van der Waals surface area contributed by atoms with Gasteiger partial charge in [0.1, 0.15) is 0 Å². The van der Waals surface area contributed by atoms with Crippen LogP contribution in [0.3, 0.4) is 0 Å². The zero-order valence-electron chi connectivity index (χ0n) is 11.5. The summed E-state index contributed by atoms with van der Waals surface area (Å²) in [6.07, 6.45) is 0. The largest absolute Gasteiger partial charge is 0.318 e. The number of carbonyl (C=O) groups is 2. The molecule has 0 fully saturated rings. The summed E-state index contributed by atoms with van der Waals surface area (Å²) in [6, 6.07) is 9.84. The van der Waals surface area contributed by atoms with Crippen molar-refractivity contribution in [2.45, 2.75) is 23.6 Å². The molecule has 5 heteroatoms. The second-order valence-electron chi connectivity index (χ2n) is 4.98. The van der Waals surface area contributed by atoms with Crippen LogP contribution in [-0.4, -0.2) is 11.7 Å². The number of Topliss-reactive ketones (excluding diaryl/α,β-unsaturated/α-hetero) is 1. The highest BCUT2D eigenvalue weighted by molar-refractivity contribution is 9.10. The standard InChI is InChI=1S/C16H12BrNO2S/c1-8-3-4-13(9(2)5-8)21-14-7-12-10(6-11(14)17)15(19)16(20)18-12/h3-7H,1-2H3,(H,18,19,20). The smallest absolute Gasteiger partial charge is 0.296 e. The maximum atomic E-state index is 11.7. The Labute approximate surface area is 135 Å². The van der Waals surface area contributed by atoms with E-state index in [2.05, 4.69) is 53.3 Å². The maximum Gasteiger partial charge on any atom is 0.296 e. The first kappa shape index (κ1) is 14.4. The second-order valence-corrected chi connectivity index (χ2v) is 6.92. The summed E-state index contributed by atoms with van der Waals surface area (Å²) in [5.74, 6) is -1.04. The molecule has 1 heterocycles. The molecule has 2 aromatic carbocycles. The Morgan fingerprint density at radius 3 is 2.52 bits per heavy atom. The highest BCUT2D eigenvalue weighted by atomic mass is 79.9. The number of ketones is 1. The maximum absolute atomic E-state index is 11.7. The van der Waals surface area contributed by atoms with E-state index in [9.17, 15) is 9.59 Å². The van der Waals surface area contributed by atoms with E-state index in [1.807, 2.05) is 6.07 Å². The summed E-state index contributed by atoms with van der Waals surface area (Å²) < 4.78 is 0.816. The molecular weight excluding hydrogens is 350 g/mol. The molecule has 0 aliphatic carbocycles. The molecule has 3 rings (SSSR count). The van der Waals surface area contributed by atoms with Crippen molar-refractivity contribution < 1.29 is 9.59 Å². The van der Waals surface area contributed by atoms with Crippen molar-refractivity contribution in [1.82, 2.24) is 0 Å². The minimum Gasteiger partial charge on any atom is -0.318 e. The van der Waals surface area contributed by atoms with Crippen LogP contribution in [0.15, 0.2) is 44.6 Å². The molecule has 1 N–H and O–H groups in total. The van der Waals surface area contributed by atoms with Crippen molar-refractivity contribution in [3.05, 3.63) is 51.5 Å². The predicted octanol–water partition coefficient (Wildman–Crippen LogP) is 4.35. The first-order valence-corrected chi connectivity index (χ1v) is 8.01. The molecule has 1 aliphatic rings. The van der Waals surface area contributed by atoms with Crippen molar-refractivity contribution in [3.8, 4) is 0 Å². The Bertz CT molecular complexity index is 786. The van der Waals surface area contributed by atoms with Gasteiger partial charge in [0.25, 0.3) is 11.7 Å². The SMILES string of the molecule is Cc1ccc(Sc2cc3c(cc2Br)C(=O)C(=O)N3)c(C)c1.